The van der Waals surface area contributed by atoms with E-state index in [1.807, 2.05) is 6.07 Å². The molecule has 0 fully saturated rings. The van der Waals surface area contributed by atoms with Gasteiger partial charge in [-0.05, 0) is 63.2 Å². The van der Waals surface area contributed by atoms with Crippen molar-refractivity contribution in [3.05, 3.63) is 176 Å². The van der Waals surface area contributed by atoms with Gasteiger partial charge in [0.05, 0.1) is 22.4 Å². The number of ether oxygens (including phenoxy) is 2. The summed E-state index contributed by atoms with van der Waals surface area (Å²) < 4.78 is 15.6. The average molecular weight is 684 g/mol. The summed E-state index contributed by atoms with van der Waals surface area (Å²) in [6.45, 7) is 0. The van der Waals surface area contributed by atoms with Crippen molar-refractivity contribution < 1.29 is 9.47 Å². The largest absolute Gasteiger partial charge is 0.458 e. The summed E-state index contributed by atoms with van der Waals surface area (Å²) in [4.78, 5) is 10.5. The Labute approximate surface area is 301 Å². The van der Waals surface area contributed by atoms with Gasteiger partial charge in [0.25, 0.3) is 0 Å². The fourth-order valence-electron chi connectivity index (χ4n) is 8.36. The molecule has 0 saturated heterocycles. The number of hydrogen-bond donors (Lipinski definition) is 0. The van der Waals surface area contributed by atoms with E-state index in [1.54, 1.807) is 0 Å². The Kier molecular flexibility index (Phi) is 6.20. The zero-order valence-electron chi connectivity index (χ0n) is 27.9. The molecule has 2 aliphatic rings. The van der Waals surface area contributed by atoms with Crippen LogP contribution in [0.15, 0.2) is 176 Å². The molecule has 5 nitrogen and oxygen atoms in total. The molecule has 11 rings (SSSR count). The molecule has 0 bridgehead atoms. The van der Waals surface area contributed by atoms with E-state index < -0.39 is 8.07 Å². The van der Waals surface area contributed by atoms with Crippen LogP contribution >= 0.6 is 0 Å². The first-order valence-corrected chi connectivity index (χ1v) is 19.5. The van der Waals surface area contributed by atoms with Crippen molar-refractivity contribution in [1.29, 1.82) is 0 Å². The minimum atomic E-state index is -2.84. The summed E-state index contributed by atoms with van der Waals surface area (Å²) in [5, 5.41) is 7.20. The Morgan fingerprint density at radius 2 is 0.846 bits per heavy atom. The van der Waals surface area contributed by atoms with Gasteiger partial charge in [0, 0.05) is 21.9 Å². The first kappa shape index (κ1) is 29.0. The van der Waals surface area contributed by atoms with Gasteiger partial charge in [-0.2, -0.15) is 0 Å². The summed E-state index contributed by atoms with van der Waals surface area (Å²) in [5.74, 6) is 4.14. The average Bonchev–Trinajstić information content (AvgIpc) is 3.55. The summed E-state index contributed by atoms with van der Waals surface area (Å²) in [6.07, 6.45) is 0. The van der Waals surface area contributed by atoms with Crippen molar-refractivity contribution in [2.45, 2.75) is 0 Å². The first-order chi connectivity index (χ1) is 25.8. The maximum absolute atomic E-state index is 6.88. The fourth-order valence-corrected chi connectivity index (χ4v) is 13.5. The standard InChI is InChI=1S/C46H29N3O2Si/c1-2-14-30(15-3-1)34-29-35(48-46(47-34)49-36-18-6-4-16-32(36)33-17-5-7-19-37(33)49)31-26-27-45-41(28-31)51-40-22-10-13-25-44(40)52(45)42-23-11-8-20-38(42)50-39-21-9-12-24-43(39)52/h1-29H. The zero-order valence-corrected chi connectivity index (χ0v) is 28.9. The molecule has 0 unspecified atom stereocenters. The first-order valence-electron chi connectivity index (χ1n) is 17.5. The molecule has 9 aromatic rings. The van der Waals surface area contributed by atoms with Crippen LogP contribution in [-0.2, 0) is 0 Å². The van der Waals surface area contributed by atoms with Crippen LogP contribution < -0.4 is 30.2 Å². The maximum Gasteiger partial charge on any atom is 0.235 e. The molecule has 1 spiro atoms. The Hall–Kier alpha value is -6.76. The molecule has 0 saturated carbocycles. The summed E-state index contributed by atoms with van der Waals surface area (Å²) in [6, 6.07) is 61.6. The lowest BCUT2D eigenvalue weighted by Crippen LogP contribution is -2.77. The predicted octanol–water partition coefficient (Wildman–Crippen LogP) is 8.50. The number of fused-ring (bicyclic) bond motifs is 11. The second kappa shape index (κ2) is 11.1. The quantitative estimate of drug-likeness (QED) is 0.175. The highest BCUT2D eigenvalue weighted by molar-refractivity contribution is 7.21. The molecular weight excluding hydrogens is 655 g/mol. The van der Waals surface area contributed by atoms with Gasteiger partial charge in [-0.15, -0.1) is 0 Å². The normalized spacial score (nSPS) is 13.5. The molecule has 2 aromatic heterocycles. The number of benzene rings is 7. The van der Waals surface area contributed by atoms with E-state index in [0.29, 0.717) is 5.95 Å². The van der Waals surface area contributed by atoms with Crippen LogP contribution in [0.4, 0.5) is 0 Å². The van der Waals surface area contributed by atoms with Gasteiger partial charge in [0.15, 0.2) is 8.07 Å². The monoisotopic (exact) mass is 683 g/mol. The number of nitrogens with zero attached hydrogens (tertiary/aromatic N) is 3. The van der Waals surface area contributed by atoms with Crippen molar-refractivity contribution in [1.82, 2.24) is 14.5 Å². The molecule has 6 heteroatoms. The number of hydrogen-bond acceptors (Lipinski definition) is 4. The third-order valence-electron chi connectivity index (χ3n) is 10.6. The molecule has 0 atom stereocenters. The highest BCUT2D eigenvalue weighted by Gasteiger charge is 2.52. The van der Waals surface area contributed by atoms with Gasteiger partial charge < -0.3 is 9.47 Å². The molecule has 2 aliphatic heterocycles. The van der Waals surface area contributed by atoms with Crippen molar-refractivity contribution in [2.24, 2.45) is 0 Å². The van der Waals surface area contributed by atoms with Crippen LogP contribution in [0.2, 0.25) is 0 Å². The smallest absolute Gasteiger partial charge is 0.235 e. The summed E-state index contributed by atoms with van der Waals surface area (Å²) in [7, 11) is -2.84. The Balaban J connectivity index is 1.17. The van der Waals surface area contributed by atoms with Gasteiger partial charge in [-0.1, -0.05) is 133 Å². The molecule has 0 amide bonds. The van der Waals surface area contributed by atoms with E-state index >= 15 is 0 Å². The van der Waals surface area contributed by atoms with E-state index in [2.05, 4.69) is 174 Å². The fraction of sp³-hybridized carbons (Fsp3) is 0. The molecular formula is C46H29N3O2Si. The Morgan fingerprint density at radius 1 is 0.385 bits per heavy atom. The third-order valence-corrected chi connectivity index (χ3v) is 15.4. The zero-order chi connectivity index (χ0) is 34.2. The SMILES string of the molecule is c1ccc(-c2cc(-c3ccc4c(c3)Oc3ccccc3[Si]43c4ccccc4Oc4ccccc43)nc(-n3c4ccccc4c4ccccc43)n2)cc1. The van der Waals surface area contributed by atoms with E-state index in [9.17, 15) is 0 Å². The number of rotatable bonds is 3. The second-order valence-electron chi connectivity index (χ2n) is 13.3. The summed E-state index contributed by atoms with van der Waals surface area (Å²) in [5.41, 5.74) is 5.78. The summed E-state index contributed by atoms with van der Waals surface area (Å²) >= 11 is 0. The number of para-hydroxylation sites is 5. The Bertz CT molecular complexity index is 2770. The molecule has 0 aliphatic carbocycles. The highest BCUT2D eigenvalue weighted by atomic mass is 28.3. The molecule has 4 heterocycles. The van der Waals surface area contributed by atoms with Crippen molar-refractivity contribution in [3.8, 4) is 51.5 Å². The lowest BCUT2D eigenvalue weighted by atomic mass is 10.1. The molecule has 0 radical (unpaired) electrons. The van der Waals surface area contributed by atoms with Crippen LogP contribution in [-0.4, -0.2) is 22.6 Å². The lowest BCUT2D eigenvalue weighted by Gasteiger charge is -2.43. The minimum absolute atomic E-state index is 0.621. The highest BCUT2D eigenvalue weighted by Crippen LogP contribution is 2.38. The van der Waals surface area contributed by atoms with Gasteiger partial charge in [-0.3, -0.25) is 4.57 Å². The van der Waals surface area contributed by atoms with Gasteiger partial charge in [-0.25, -0.2) is 9.97 Å². The minimum Gasteiger partial charge on any atom is -0.458 e. The van der Waals surface area contributed by atoms with Crippen LogP contribution in [0.5, 0.6) is 23.0 Å². The third kappa shape index (κ3) is 4.10. The van der Waals surface area contributed by atoms with E-state index in [-0.39, 0.29) is 0 Å². The maximum atomic E-state index is 6.88. The lowest BCUT2D eigenvalue weighted by molar-refractivity contribution is 0.482. The van der Waals surface area contributed by atoms with Crippen LogP contribution in [0.1, 0.15) is 0 Å². The molecule has 7 aromatic carbocycles. The van der Waals surface area contributed by atoms with E-state index in [0.717, 1.165) is 56.5 Å². The number of aromatic nitrogens is 3. The second-order valence-corrected chi connectivity index (χ2v) is 17.0. The molecule has 0 N–H and O–H groups in total. The molecule has 244 valence electrons. The van der Waals surface area contributed by atoms with Crippen molar-refractivity contribution >= 4 is 50.6 Å². The van der Waals surface area contributed by atoms with E-state index in [1.165, 1.54) is 31.5 Å². The van der Waals surface area contributed by atoms with Crippen molar-refractivity contribution in [3.63, 3.8) is 0 Å². The van der Waals surface area contributed by atoms with Gasteiger partial charge in [0.2, 0.25) is 5.95 Å². The Morgan fingerprint density at radius 3 is 1.44 bits per heavy atom. The van der Waals surface area contributed by atoms with Crippen molar-refractivity contribution in [2.75, 3.05) is 0 Å². The topological polar surface area (TPSA) is 49.2 Å². The van der Waals surface area contributed by atoms with Crippen LogP contribution in [0.25, 0.3) is 50.3 Å². The predicted molar refractivity (Wildman–Crippen MR) is 211 cm³/mol. The van der Waals surface area contributed by atoms with Gasteiger partial charge >= 0.3 is 0 Å². The van der Waals surface area contributed by atoms with Gasteiger partial charge in [0.1, 0.15) is 23.0 Å². The van der Waals surface area contributed by atoms with Crippen LogP contribution in [0, 0.1) is 0 Å². The molecule has 52 heavy (non-hydrogen) atoms. The van der Waals surface area contributed by atoms with Crippen LogP contribution in [0.3, 0.4) is 0 Å². The van der Waals surface area contributed by atoms with E-state index in [4.69, 9.17) is 19.4 Å².